The molecule has 0 unspecified atom stereocenters. The van der Waals surface area contributed by atoms with Crippen LogP contribution in [0.1, 0.15) is 5.56 Å². The van der Waals surface area contributed by atoms with E-state index < -0.39 is 11.5 Å². The minimum Gasteiger partial charge on any atom is -0.495 e. The molecule has 4 aromatic rings. The molecule has 1 N–H and O–H groups in total. The summed E-state index contributed by atoms with van der Waals surface area (Å²) in [5, 5.41) is 12.3. The summed E-state index contributed by atoms with van der Waals surface area (Å²) < 4.78 is 12.4. The Balaban J connectivity index is 1.80. The molecule has 0 fully saturated rings. The number of nitriles is 1. The van der Waals surface area contributed by atoms with Crippen molar-refractivity contribution >= 4 is 23.3 Å². The summed E-state index contributed by atoms with van der Waals surface area (Å²) >= 11 is 0. The summed E-state index contributed by atoms with van der Waals surface area (Å²) in [6.07, 6.45) is 2.73. The lowest BCUT2D eigenvalue weighted by molar-refractivity contribution is -0.112. The van der Waals surface area contributed by atoms with Crippen LogP contribution in [0.5, 0.6) is 17.4 Å². The molecule has 8 heteroatoms. The molecular formula is C25H18N4O4. The number of methoxy groups -OCH3 is 1. The number of para-hydroxylation sites is 3. The fourth-order valence-electron chi connectivity index (χ4n) is 3.11. The van der Waals surface area contributed by atoms with E-state index in [1.807, 2.05) is 12.1 Å². The van der Waals surface area contributed by atoms with Crippen LogP contribution < -0.4 is 20.3 Å². The molecule has 162 valence electrons. The van der Waals surface area contributed by atoms with E-state index in [0.717, 1.165) is 0 Å². The lowest BCUT2D eigenvalue weighted by Crippen LogP contribution is -2.20. The van der Waals surface area contributed by atoms with Crippen LogP contribution in [0.15, 0.2) is 89.4 Å². The van der Waals surface area contributed by atoms with Gasteiger partial charge in [0.1, 0.15) is 34.4 Å². The number of hydrogen-bond acceptors (Lipinski definition) is 6. The first-order chi connectivity index (χ1) is 16.1. The zero-order chi connectivity index (χ0) is 23.2. The normalized spacial score (nSPS) is 11.0. The highest BCUT2D eigenvalue weighted by Crippen LogP contribution is 2.26. The number of fused-ring (bicyclic) bond motifs is 1. The van der Waals surface area contributed by atoms with Crippen LogP contribution in [0, 0.1) is 11.3 Å². The predicted octanol–water partition coefficient (Wildman–Crippen LogP) is 4.04. The van der Waals surface area contributed by atoms with E-state index in [1.54, 1.807) is 72.9 Å². The van der Waals surface area contributed by atoms with Crippen molar-refractivity contribution in [2.75, 3.05) is 12.4 Å². The van der Waals surface area contributed by atoms with Crippen molar-refractivity contribution in [2.24, 2.45) is 0 Å². The van der Waals surface area contributed by atoms with Gasteiger partial charge in [0.05, 0.1) is 12.8 Å². The lowest BCUT2D eigenvalue weighted by Gasteiger charge is -2.11. The number of nitrogens with zero attached hydrogens (tertiary/aromatic N) is 3. The van der Waals surface area contributed by atoms with Gasteiger partial charge >= 0.3 is 0 Å². The van der Waals surface area contributed by atoms with Crippen molar-refractivity contribution in [2.45, 2.75) is 0 Å². The van der Waals surface area contributed by atoms with Gasteiger partial charge < -0.3 is 14.8 Å². The third-order valence-electron chi connectivity index (χ3n) is 4.70. The van der Waals surface area contributed by atoms with Crippen molar-refractivity contribution in [1.29, 1.82) is 5.26 Å². The topological polar surface area (TPSA) is 106 Å². The number of pyridine rings is 1. The Bertz CT molecular complexity index is 1450. The second-order valence-corrected chi connectivity index (χ2v) is 6.80. The minimum absolute atomic E-state index is 0.0183. The first-order valence-corrected chi connectivity index (χ1v) is 9.91. The molecule has 0 aliphatic heterocycles. The van der Waals surface area contributed by atoms with E-state index in [2.05, 4.69) is 10.3 Å². The predicted molar refractivity (Wildman–Crippen MR) is 123 cm³/mol. The van der Waals surface area contributed by atoms with Crippen LogP contribution in [-0.2, 0) is 4.79 Å². The molecule has 2 heterocycles. The molecule has 1 amide bonds. The molecule has 4 rings (SSSR count). The molecule has 0 aliphatic rings. The molecule has 33 heavy (non-hydrogen) atoms. The standard InChI is InChI=1S/C25H18N4O4/c1-32-21-12-6-5-11-20(21)27-23(30)17(16-26)15-19-24(33-18-9-3-2-4-10-18)28-22-13-7-8-14-29(22)25(19)31/h2-15H,1H3,(H,27,30). The number of anilines is 1. The maximum atomic E-state index is 13.2. The molecule has 0 bridgehead atoms. The van der Waals surface area contributed by atoms with E-state index in [0.29, 0.717) is 22.8 Å². The number of amides is 1. The van der Waals surface area contributed by atoms with Gasteiger partial charge in [-0.1, -0.05) is 36.4 Å². The highest BCUT2D eigenvalue weighted by Gasteiger charge is 2.18. The van der Waals surface area contributed by atoms with Gasteiger partial charge in [-0.3, -0.25) is 14.0 Å². The van der Waals surface area contributed by atoms with E-state index in [-0.39, 0.29) is 17.0 Å². The Kier molecular flexibility index (Phi) is 6.14. The Labute approximate surface area is 189 Å². The number of carbonyl (C=O) groups is 1. The summed E-state index contributed by atoms with van der Waals surface area (Å²) in [5.41, 5.74) is -0.0601. The Morgan fingerprint density at radius 3 is 2.55 bits per heavy atom. The highest BCUT2D eigenvalue weighted by molar-refractivity contribution is 6.10. The SMILES string of the molecule is COc1ccccc1NC(=O)C(C#N)=Cc1c(Oc2ccccc2)nc2ccccn2c1=O. The fourth-order valence-corrected chi connectivity index (χ4v) is 3.11. The second kappa shape index (κ2) is 9.49. The van der Waals surface area contributed by atoms with E-state index in [1.165, 1.54) is 17.6 Å². The average Bonchev–Trinajstić information content (AvgIpc) is 2.85. The number of rotatable bonds is 6. The van der Waals surface area contributed by atoms with Crippen LogP contribution >= 0.6 is 0 Å². The smallest absolute Gasteiger partial charge is 0.269 e. The Hall–Kier alpha value is -4.90. The number of aromatic nitrogens is 2. The summed E-state index contributed by atoms with van der Waals surface area (Å²) in [6.45, 7) is 0. The molecule has 0 atom stereocenters. The van der Waals surface area contributed by atoms with Gasteiger partial charge in [0, 0.05) is 6.20 Å². The largest absolute Gasteiger partial charge is 0.495 e. The summed E-state index contributed by atoms with van der Waals surface area (Å²) in [7, 11) is 1.47. The number of nitrogens with one attached hydrogen (secondary N) is 1. The second-order valence-electron chi connectivity index (χ2n) is 6.80. The zero-order valence-corrected chi connectivity index (χ0v) is 17.6. The molecule has 0 saturated carbocycles. The van der Waals surface area contributed by atoms with Gasteiger partial charge in [0.2, 0.25) is 5.88 Å². The number of ether oxygens (including phenoxy) is 2. The first-order valence-electron chi connectivity index (χ1n) is 9.91. The maximum Gasteiger partial charge on any atom is 0.269 e. The molecule has 0 aliphatic carbocycles. The molecule has 8 nitrogen and oxygen atoms in total. The highest BCUT2D eigenvalue weighted by atomic mass is 16.5. The minimum atomic E-state index is -0.704. The van der Waals surface area contributed by atoms with Crippen molar-refractivity contribution < 1.29 is 14.3 Å². The molecule has 0 radical (unpaired) electrons. The third kappa shape index (κ3) is 4.57. The summed E-state index contributed by atoms with van der Waals surface area (Å²) in [6, 6.07) is 22.5. The van der Waals surface area contributed by atoms with Gasteiger partial charge in [0.25, 0.3) is 11.5 Å². The van der Waals surface area contributed by atoms with Crippen molar-refractivity contribution in [1.82, 2.24) is 9.38 Å². The fraction of sp³-hybridized carbons (Fsp3) is 0.0400. The van der Waals surface area contributed by atoms with Gasteiger partial charge in [-0.15, -0.1) is 0 Å². The Morgan fingerprint density at radius 1 is 1.06 bits per heavy atom. The van der Waals surface area contributed by atoms with Gasteiger partial charge in [0.15, 0.2) is 0 Å². The molecule has 2 aromatic carbocycles. The van der Waals surface area contributed by atoms with Crippen molar-refractivity contribution in [3.8, 4) is 23.4 Å². The zero-order valence-electron chi connectivity index (χ0n) is 17.6. The number of hydrogen-bond donors (Lipinski definition) is 1. The molecule has 0 spiro atoms. The van der Waals surface area contributed by atoms with Crippen LogP contribution in [-0.4, -0.2) is 22.4 Å². The van der Waals surface area contributed by atoms with E-state index >= 15 is 0 Å². The van der Waals surface area contributed by atoms with Gasteiger partial charge in [-0.2, -0.15) is 10.2 Å². The van der Waals surface area contributed by atoms with Crippen LogP contribution in [0.4, 0.5) is 5.69 Å². The van der Waals surface area contributed by atoms with Crippen LogP contribution in [0.3, 0.4) is 0 Å². The van der Waals surface area contributed by atoms with Crippen LogP contribution in [0.25, 0.3) is 11.7 Å². The molecule has 2 aromatic heterocycles. The molecule has 0 saturated heterocycles. The summed E-state index contributed by atoms with van der Waals surface area (Å²) in [4.78, 5) is 30.5. The lowest BCUT2D eigenvalue weighted by atomic mass is 10.1. The van der Waals surface area contributed by atoms with Crippen molar-refractivity contribution in [3.63, 3.8) is 0 Å². The number of benzene rings is 2. The van der Waals surface area contributed by atoms with E-state index in [4.69, 9.17) is 9.47 Å². The first kappa shape index (κ1) is 21.3. The van der Waals surface area contributed by atoms with Gasteiger partial charge in [-0.25, -0.2) is 0 Å². The maximum absolute atomic E-state index is 13.2. The molecular weight excluding hydrogens is 420 g/mol. The Morgan fingerprint density at radius 2 is 1.79 bits per heavy atom. The third-order valence-corrected chi connectivity index (χ3v) is 4.70. The van der Waals surface area contributed by atoms with Gasteiger partial charge in [-0.05, 0) is 42.5 Å². The quantitative estimate of drug-likeness (QED) is 0.360. The average molecular weight is 438 g/mol. The monoisotopic (exact) mass is 438 g/mol. The van der Waals surface area contributed by atoms with E-state index in [9.17, 15) is 14.9 Å². The van der Waals surface area contributed by atoms with Crippen molar-refractivity contribution in [3.05, 3.63) is 100 Å². The summed E-state index contributed by atoms with van der Waals surface area (Å²) in [5.74, 6) is 0.167. The van der Waals surface area contributed by atoms with Crippen LogP contribution in [0.2, 0.25) is 0 Å². The number of carbonyl (C=O) groups excluding carboxylic acids is 1.